The van der Waals surface area contributed by atoms with Crippen LogP contribution >= 0.6 is 0 Å². The van der Waals surface area contributed by atoms with Gasteiger partial charge in [0.1, 0.15) is 6.61 Å². The highest BCUT2D eigenvalue weighted by atomic mass is 16.6. The number of hydrogen-bond acceptors (Lipinski definition) is 6. The third-order valence-corrected chi connectivity index (χ3v) is 7.58. The maximum atomic E-state index is 13.4. The molecule has 0 spiro atoms. The summed E-state index contributed by atoms with van der Waals surface area (Å²) < 4.78 is 5.18. The molecule has 1 aromatic carbocycles. The number of hydrogen-bond donors (Lipinski definition) is 2. The van der Waals surface area contributed by atoms with Crippen LogP contribution in [0.15, 0.2) is 23.3 Å². The van der Waals surface area contributed by atoms with Crippen molar-refractivity contribution in [1.29, 1.82) is 0 Å². The van der Waals surface area contributed by atoms with Gasteiger partial charge < -0.3 is 20.5 Å². The van der Waals surface area contributed by atoms with E-state index in [1.165, 1.54) is 5.56 Å². The predicted octanol–water partition coefficient (Wildman–Crippen LogP) is 2.27. The molecule has 1 unspecified atom stereocenters. The number of nitrogens with two attached hydrogens (primary N) is 1. The number of amides is 1. The molecule has 4 heterocycles. The minimum atomic E-state index is -1.75. The van der Waals surface area contributed by atoms with E-state index < -0.39 is 11.6 Å². The van der Waals surface area contributed by atoms with Gasteiger partial charge in [0.05, 0.1) is 22.8 Å². The van der Waals surface area contributed by atoms with Crippen LogP contribution in [-0.2, 0) is 27.3 Å². The maximum absolute atomic E-state index is 13.4. The topological polar surface area (TPSA) is 106 Å². The Morgan fingerprint density at radius 3 is 2.94 bits per heavy atom. The van der Waals surface area contributed by atoms with E-state index in [1.54, 1.807) is 6.92 Å². The molecule has 7 heteroatoms. The van der Waals surface area contributed by atoms with Gasteiger partial charge in [0.2, 0.25) is 0 Å². The number of aromatic nitrogens is 1. The van der Waals surface area contributed by atoms with Crippen molar-refractivity contribution in [2.75, 3.05) is 6.61 Å². The van der Waals surface area contributed by atoms with Crippen LogP contribution in [0.2, 0.25) is 0 Å². The van der Waals surface area contributed by atoms with E-state index in [2.05, 4.69) is 19.1 Å². The lowest BCUT2D eigenvalue weighted by molar-refractivity contribution is -0.165. The number of fused-ring (bicyclic) bond motifs is 4. The summed E-state index contributed by atoms with van der Waals surface area (Å²) in [6.07, 6.45) is 2.35. The monoisotopic (exact) mass is 419 g/mol. The molecule has 6 rings (SSSR count). The molecule has 3 atom stereocenters. The van der Waals surface area contributed by atoms with Gasteiger partial charge in [-0.2, -0.15) is 0 Å². The fourth-order valence-corrected chi connectivity index (χ4v) is 6.00. The number of rotatable bonds is 1. The van der Waals surface area contributed by atoms with E-state index in [4.69, 9.17) is 15.5 Å². The summed E-state index contributed by atoms with van der Waals surface area (Å²) in [7, 11) is 0. The average Bonchev–Trinajstić information content (AvgIpc) is 3.11. The number of ether oxygens (including phenoxy) is 1. The SMILES string of the molecule is CC[C@@]1(O)C(=O)OCC2=C1CC1c3nc4cc(C)cc5c4c(c3CN1C2=O)[C@@H](N)CC5. The lowest BCUT2D eigenvalue weighted by Gasteiger charge is -2.41. The van der Waals surface area contributed by atoms with Gasteiger partial charge in [-0.05, 0) is 60.9 Å². The molecule has 0 radical (unpaired) electrons. The first-order valence-electron chi connectivity index (χ1n) is 11.0. The molecular formula is C24H25N3O4. The van der Waals surface area contributed by atoms with Crippen molar-refractivity contribution < 1.29 is 19.4 Å². The van der Waals surface area contributed by atoms with Gasteiger partial charge in [-0.15, -0.1) is 0 Å². The van der Waals surface area contributed by atoms with Gasteiger partial charge in [-0.25, -0.2) is 4.79 Å². The van der Waals surface area contributed by atoms with Crippen LogP contribution in [0.5, 0.6) is 0 Å². The Hall–Kier alpha value is -2.77. The quantitative estimate of drug-likeness (QED) is 0.687. The molecule has 4 aliphatic rings. The summed E-state index contributed by atoms with van der Waals surface area (Å²) >= 11 is 0. The van der Waals surface area contributed by atoms with E-state index >= 15 is 0 Å². The number of esters is 1. The van der Waals surface area contributed by atoms with Gasteiger partial charge in [-0.1, -0.05) is 13.0 Å². The number of nitrogens with zero attached hydrogens (tertiary/aromatic N) is 2. The summed E-state index contributed by atoms with van der Waals surface area (Å²) in [4.78, 5) is 32.7. The van der Waals surface area contributed by atoms with Gasteiger partial charge in [0, 0.05) is 23.5 Å². The first-order valence-corrected chi connectivity index (χ1v) is 11.0. The molecule has 1 amide bonds. The van der Waals surface area contributed by atoms with Crippen LogP contribution in [0.4, 0.5) is 0 Å². The van der Waals surface area contributed by atoms with Crippen LogP contribution in [0.1, 0.15) is 66.2 Å². The van der Waals surface area contributed by atoms with Gasteiger partial charge >= 0.3 is 5.97 Å². The van der Waals surface area contributed by atoms with Gasteiger partial charge in [0.15, 0.2) is 5.60 Å². The Balaban J connectivity index is 1.56. The van der Waals surface area contributed by atoms with Crippen molar-refractivity contribution in [3.05, 3.63) is 51.2 Å². The highest BCUT2D eigenvalue weighted by Gasteiger charge is 2.53. The summed E-state index contributed by atoms with van der Waals surface area (Å²) in [6.45, 7) is 4.17. The second kappa shape index (κ2) is 6.14. The van der Waals surface area contributed by atoms with E-state index in [-0.39, 0.29) is 31.0 Å². The highest BCUT2D eigenvalue weighted by molar-refractivity contribution is 6.01. The Labute approximate surface area is 179 Å². The fraction of sp³-hybridized carbons (Fsp3) is 0.458. The smallest absolute Gasteiger partial charge is 0.342 e. The number of cyclic esters (lactones) is 1. The third kappa shape index (κ3) is 2.33. The molecule has 7 nitrogen and oxygen atoms in total. The Morgan fingerprint density at radius 2 is 2.16 bits per heavy atom. The molecule has 160 valence electrons. The first-order chi connectivity index (χ1) is 14.8. The van der Waals surface area contributed by atoms with Crippen molar-refractivity contribution in [3.63, 3.8) is 0 Å². The van der Waals surface area contributed by atoms with Crippen molar-refractivity contribution in [3.8, 4) is 0 Å². The number of pyridine rings is 1. The van der Waals surface area contributed by atoms with Crippen LogP contribution in [0, 0.1) is 6.92 Å². The molecule has 0 fully saturated rings. The minimum Gasteiger partial charge on any atom is -0.458 e. The number of carbonyl (C=O) groups is 2. The third-order valence-electron chi connectivity index (χ3n) is 7.58. The second-order valence-corrected chi connectivity index (χ2v) is 9.25. The lowest BCUT2D eigenvalue weighted by atomic mass is 9.78. The van der Waals surface area contributed by atoms with Crippen molar-refractivity contribution >= 4 is 22.8 Å². The predicted molar refractivity (Wildman–Crippen MR) is 113 cm³/mol. The molecule has 0 saturated heterocycles. The second-order valence-electron chi connectivity index (χ2n) is 9.25. The first kappa shape index (κ1) is 19.0. The molecule has 1 aromatic heterocycles. The molecule has 0 bridgehead atoms. The van der Waals surface area contributed by atoms with Crippen molar-refractivity contribution in [1.82, 2.24) is 9.88 Å². The van der Waals surface area contributed by atoms with Gasteiger partial charge in [-0.3, -0.25) is 9.78 Å². The minimum absolute atomic E-state index is 0.0833. The Kier molecular flexibility index (Phi) is 3.76. The summed E-state index contributed by atoms with van der Waals surface area (Å²) in [6, 6.07) is 3.90. The van der Waals surface area contributed by atoms with E-state index in [0.29, 0.717) is 24.1 Å². The molecule has 1 aliphatic carbocycles. The zero-order valence-corrected chi connectivity index (χ0v) is 17.7. The fourth-order valence-electron chi connectivity index (χ4n) is 6.00. The normalized spacial score (nSPS) is 29.1. The Morgan fingerprint density at radius 1 is 1.35 bits per heavy atom. The molecule has 3 aliphatic heterocycles. The standard InChI is InChI=1S/C24H25N3O4/c1-3-24(30)15-8-18-21-13(9-27(18)22(28)14(15)10-31-23(24)29)20-16(25)5-4-12-6-11(2)7-17(26-21)19(12)20/h6-7,16,18,30H,3-5,8-10,25H2,1-2H3/t16-,18?,24-/m0/s1. The maximum Gasteiger partial charge on any atom is 0.342 e. The molecule has 3 N–H and O–H groups in total. The zero-order chi connectivity index (χ0) is 21.7. The van der Waals surface area contributed by atoms with Gasteiger partial charge in [0.25, 0.3) is 5.91 Å². The van der Waals surface area contributed by atoms with Crippen LogP contribution < -0.4 is 5.73 Å². The van der Waals surface area contributed by atoms with Crippen molar-refractivity contribution in [2.45, 2.75) is 63.8 Å². The molecule has 2 aromatic rings. The summed E-state index contributed by atoms with van der Waals surface area (Å²) in [5.41, 5.74) is 12.1. The number of carbonyl (C=O) groups excluding carboxylic acids is 2. The van der Waals surface area contributed by atoms with Crippen molar-refractivity contribution in [2.24, 2.45) is 5.73 Å². The molecule has 0 saturated carbocycles. The van der Waals surface area contributed by atoms with Crippen LogP contribution in [-0.4, -0.2) is 39.1 Å². The van der Waals surface area contributed by atoms with Crippen LogP contribution in [0.3, 0.4) is 0 Å². The molecular weight excluding hydrogens is 394 g/mol. The summed E-state index contributed by atoms with van der Waals surface area (Å²) in [5.74, 6) is -0.849. The average molecular weight is 419 g/mol. The molecule has 31 heavy (non-hydrogen) atoms. The van der Waals surface area contributed by atoms with Crippen LogP contribution in [0.25, 0.3) is 10.9 Å². The summed E-state index contributed by atoms with van der Waals surface area (Å²) in [5, 5.41) is 12.2. The zero-order valence-electron chi connectivity index (χ0n) is 17.7. The number of aliphatic hydroxyl groups is 1. The van der Waals surface area contributed by atoms with E-state index in [9.17, 15) is 14.7 Å². The largest absolute Gasteiger partial charge is 0.458 e. The highest BCUT2D eigenvalue weighted by Crippen LogP contribution is 2.50. The number of benzene rings is 1. The lowest BCUT2D eigenvalue weighted by Crippen LogP contribution is -2.51. The Bertz CT molecular complexity index is 1230. The van der Waals surface area contributed by atoms with E-state index in [1.807, 2.05) is 4.90 Å². The van der Waals surface area contributed by atoms with E-state index in [0.717, 1.165) is 46.1 Å². The number of aryl methyl sites for hydroxylation is 2.